The van der Waals surface area contributed by atoms with Gasteiger partial charge in [0.2, 0.25) is 0 Å². The van der Waals surface area contributed by atoms with Crippen LogP contribution in [0, 0.1) is 0 Å². The van der Waals surface area contributed by atoms with Crippen molar-refractivity contribution in [3.63, 3.8) is 0 Å². The maximum atomic E-state index is 12.3. The Labute approximate surface area is 151 Å². The second-order valence-electron chi connectivity index (χ2n) is 7.40. The van der Waals surface area contributed by atoms with E-state index in [0.717, 1.165) is 43.7 Å². The molecule has 5 rings (SSSR count). The quantitative estimate of drug-likeness (QED) is 0.789. The lowest BCUT2D eigenvalue weighted by Crippen LogP contribution is -2.26. The van der Waals surface area contributed by atoms with Gasteiger partial charge in [-0.15, -0.1) is 0 Å². The van der Waals surface area contributed by atoms with Crippen LogP contribution in [0.3, 0.4) is 0 Å². The van der Waals surface area contributed by atoms with Crippen LogP contribution in [0.2, 0.25) is 0 Å². The Balaban J connectivity index is 1.43. The molecule has 1 saturated heterocycles. The number of hydrogen-bond acceptors (Lipinski definition) is 4. The minimum atomic E-state index is -0.0187. The van der Waals surface area contributed by atoms with Crippen molar-refractivity contribution in [1.29, 1.82) is 0 Å². The van der Waals surface area contributed by atoms with Crippen LogP contribution in [0.25, 0.3) is 5.65 Å². The molecular weight excluding hydrogens is 326 g/mol. The second-order valence-corrected chi connectivity index (χ2v) is 7.40. The van der Waals surface area contributed by atoms with Gasteiger partial charge in [0.25, 0.3) is 5.56 Å². The number of aromatic nitrogens is 4. The van der Waals surface area contributed by atoms with Crippen LogP contribution in [0.1, 0.15) is 54.6 Å². The summed E-state index contributed by atoms with van der Waals surface area (Å²) in [7, 11) is 0. The first kappa shape index (κ1) is 15.8. The molecule has 0 unspecified atom stereocenters. The first-order chi connectivity index (χ1) is 12.8. The standard InChI is InChI=1S/C20H23N5O/c26-19-12-14(21-18-9-3-4-11-25(18)19)13-24-10-5-8-17(24)20-22-15-6-1-2-7-16(15)23-20/h3-4,9,11-12,17H,1-2,5-8,10,13H2,(H,22,23)/t17-/m1/s1. The lowest BCUT2D eigenvalue weighted by atomic mass is 10.0. The lowest BCUT2D eigenvalue weighted by Gasteiger charge is -2.22. The van der Waals surface area contributed by atoms with Gasteiger partial charge in [0.05, 0.1) is 17.4 Å². The number of nitrogens with one attached hydrogen (secondary N) is 1. The molecule has 6 heteroatoms. The highest BCUT2D eigenvalue weighted by molar-refractivity contribution is 5.38. The maximum Gasteiger partial charge on any atom is 0.258 e. The topological polar surface area (TPSA) is 66.3 Å². The molecule has 0 aromatic carbocycles. The first-order valence-corrected chi connectivity index (χ1v) is 9.57. The van der Waals surface area contributed by atoms with Gasteiger partial charge in [-0.1, -0.05) is 6.07 Å². The first-order valence-electron chi connectivity index (χ1n) is 9.57. The van der Waals surface area contributed by atoms with E-state index in [-0.39, 0.29) is 5.56 Å². The molecule has 2 aliphatic rings. The fraction of sp³-hybridized carbons (Fsp3) is 0.450. The van der Waals surface area contributed by atoms with E-state index < -0.39 is 0 Å². The number of fused-ring (bicyclic) bond motifs is 2. The Morgan fingerprint density at radius 1 is 1.15 bits per heavy atom. The largest absolute Gasteiger partial charge is 0.344 e. The minimum Gasteiger partial charge on any atom is -0.344 e. The normalized spacial score (nSPS) is 20.5. The number of aromatic amines is 1. The van der Waals surface area contributed by atoms with Gasteiger partial charge in [0, 0.05) is 24.5 Å². The van der Waals surface area contributed by atoms with Crippen LogP contribution >= 0.6 is 0 Å². The molecule has 1 aliphatic heterocycles. The zero-order valence-corrected chi connectivity index (χ0v) is 14.8. The van der Waals surface area contributed by atoms with E-state index in [0.29, 0.717) is 18.2 Å². The SMILES string of the molecule is O=c1cc(CN2CCC[C@@H]2c2nc3c([nH]2)CCCC3)nc2ccccn12. The summed E-state index contributed by atoms with van der Waals surface area (Å²) < 4.78 is 1.59. The summed E-state index contributed by atoms with van der Waals surface area (Å²) in [5.74, 6) is 1.10. The van der Waals surface area contributed by atoms with Gasteiger partial charge in [-0.05, 0) is 57.2 Å². The number of pyridine rings is 1. The van der Waals surface area contributed by atoms with Crippen LogP contribution in [0.5, 0.6) is 0 Å². The van der Waals surface area contributed by atoms with Crippen LogP contribution in [0.4, 0.5) is 0 Å². The molecule has 26 heavy (non-hydrogen) atoms. The summed E-state index contributed by atoms with van der Waals surface area (Å²) in [6.07, 6.45) is 8.76. The molecule has 1 N–H and O–H groups in total. The van der Waals surface area contributed by atoms with Crippen molar-refractivity contribution in [2.75, 3.05) is 6.54 Å². The van der Waals surface area contributed by atoms with Crippen molar-refractivity contribution < 1.29 is 0 Å². The molecule has 3 aromatic rings. The van der Waals surface area contributed by atoms with Crippen molar-refractivity contribution in [3.05, 3.63) is 63.7 Å². The highest BCUT2D eigenvalue weighted by atomic mass is 16.1. The van der Waals surface area contributed by atoms with Crippen molar-refractivity contribution in [2.45, 2.75) is 51.1 Å². The highest BCUT2D eigenvalue weighted by Crippen LogP contribution is 2.33. The van der Waals surface area contributed by atoms with Gasteiger partial charge in [0.15, 0.2) is 0 Å². The smallest absolute Gasteiger partial charge is 0.258 e. The van der Waals surface area contributed by atoms with Crippen LogP contribution in [0.15, 0.2) is 35.3 Å². The summed E-state index contributed by atoms with van der Waals surface area (Å²) in [6, 6.07) is 7.61. The zero-order valence-electron chi connectivity index (χ0n) is 14.8. The fourth-order valence-corrected chi connectivity index (χ4v) is 4.35. The predicted octanol–water partition coefficient (Wildman–Crippen LogP) is 2.63. The molecular formula is C20H23N5O. The maximum absolute atomic E-state index is 12.3. The number of aryl methyl sites for hydroxylation is 2. The monoisotopic (exact) mass is 349 g/mol. The van der Waals surface area contributed by atoms with E-state index in [9.17, 15) is 4.79 Å². The van der Waals surface area contributed by atoms with Gasteiger partial charge in [-0.3, -0.25) is 14.1 Å². The summed E-state index contributed by atoms with van der Waals surface area (Å²) in [5.41, 5.74) is 4.12. The van der Waals surface area contributed by atoms with E-state index in [1.54, 1.807) is 16.7 Å². The van der Waals surface area contributed by atoms with E-state index in [2.05, 4.69) is 14.9 Å². The Kier molecular flexibility index (Phi) is 3.85. The van der Waals surface area contributed by atoms with Gasteiger partial charge >= 0.3 is 0 Å². The number of imidazole rings is 1. The van der Waals surface area contributed by atoms with E-state index >= 15 is 0 Å². The second kappa shape index (κ2) is 6.36. The molecule has 0 saturated carbocycles. The molecule has 6 nitrogen and oxygen atoms in total. The molecule has 1 atom stereocenters. The summed E-state index contributed by atoms with van der Waals surface area (Å²) in [6.45, 7) is 1.71. The third-order valence-electron chi connectivity index (χ3n) is 5.64. The lowest BCUT2D eigenvalue weighted by molar-refractivity contribution is 0.238. The summed E-state index contributed by atoms with van der Waals surface area (Å²) >= 11 is 0. The van der Waals surface area contributed by atoms with Crippen molar-refractivity contribution >= 4 is 5.65 Å². The molecule has 0 amide bonds. The number of nitrogens with zero attached hydrogens (tertiary/aromatic N) is 4. The Bertz CT molecular complexity index is 981. The molecule has 0 bridgehead atoms. The van der Waals surface area contributed by atoms with Crippen molar-refractivity contribution in [3.8, 4) is 0 Å². The van der Waals surface area contributed by atoms with Crippen LogP contribution < -0.4 is 5.56 Å². The third-order valence-corrected chi connectivity index (χ3v) is 5.64. The molecule has 4 heterocycles. The third kappa shape index (κ3) is 2.74. The Hall–Kier alpha value is -2.47. The minimum absolute atomic E-state index is 0.0187. The molecule has 134 valence electrons. The molecule has 0 spiro atoms. The van der Waals surface area contributed by atoms with Gasteiger partial charge in [-0.25, -0.2) is 9.97 Å². The van der Waals surface area contributed by atoms with Crippen molar-refractivity contribution in [1.82, 2.24) is 24.3 Å². The highest BCUT2D eigenvalue weighted by Gasteiger charge is 2.30. The van der Waals surface area contributed by atoms with Crippen molar-refractivity contribution in [2.24, 2.45) is 0 Å². The Morgan fingerprint density at radius 2 is 2.08 bits per heavy atom. The number of H-pyrrole nitrogens is 1. The average molecular weight is 349 g/mol. The average Bonchev–Trinajstić information content (AvgIpc) is 3.28. The number of rotatable bonds is 3. The van der Waals surface area contributed by atoms with Gasteiger partial charge < -0.3 is 4.98 Å². The number of hydrogen-bond donors (Lipinski definition) is 1. The summed E-state index contributed by atoms with van der Waals surface area (Å²) in [4.78, 5) is 27.9. The van der Waals surface area contributed by atoms with E-state index in [1.807, 2.05) is 18.2 Å². The molecule has 1 fully saturated rings. The molecule has 0 radical (unpaired) electrons. The predicted molar refractivity (Wildman–Crippen MR) is 99.1 cm³/mol. The Morgan fingerprint density at radius 3 is 3.00 bits per heavy atom. The van der Waals surface area contributed by atoms with E-state index in [1.165, 1.54) is 24.2 Å². The van der Waals surface area contributed by atoms with Crippen LogP contribution in [-0.4, -0.2) is 30.8 Å². The zero-order chi connectivity index (χ0) is 17.5. The molecule has 3 aromatic heterocycles. The molecule has 1 aliphatic carbocycles. The van der Waals surface area contributed by atoms with Gasteiger partial charge in [-0.2, -0.15) is 0 Å². The van der Waals surface area contributed by atoms with Crippen LogP contribution in [-0.2, 0) is 19.4 Å². The van der Waals surface area contributed by atoms with Gasteiger partial charge in [0.1, 0.15) is 11.5 Å². The fourth-order valence-electron chi connectivity index (χ4n) is 4.35. The van der Waals surface area contributed by atoms with E-state index in [4.69, 9.17) is 4.98 Å². The summed E-state index contributed by atoms with van der Waals surface area (Å²) in [5, 5.41) is 0. The number of likely N-dealkylation sites (tertiary alicyclic amines) is 1.